The first-order chi connectivity index (χ1) is 9.95. The number of hydrogen-bond acceptors (Lipinski definition) is 7. The lowest BCUT2D eigenvalue weighted by molar-refractivity contribution is -0.145. The first kappa shape index (κ1) is 20.1. The summed E-state index contributed by atoms with van der Waals surface area (Å²) in [4.78, 5) is 20.7. The van der Waals surface area contributed by atoms with Gasteiger partial charge in [0.05, 0.1) is 0 Å². The SMILES string of the molecule is CCCCCCCCNC(O)C(O)[C@@H](O)C(O)C(=O)N=O. The third-order valence-electron chi connectivity index (χ3n) is 3.22. The summed E-state index contributed by atoms with van der Waals surface area (Å²) in [5, 5.41) is 42.3. The van der Waals surface area contributed by atoms with E-state index in [1.807, 2.05) is 5.18 Å². The molecule has 0 aliphatic carbocycles. The summed E-state index contributed by atoms with van der Waals surface area (Å²) in [5.41, 5.74) is 0. The van der Waals surface area contributed by atoms with Crippen molar-refractivity contribution >= 4 is 5.91 Å². The Hall–Kier alpha value is -0.930. The van der Waals surface area contributed by atoms with Crippen LogP contribution in [0.5, 0.6) is 0 Å². The zero-order chi connectivity index (χ0) is 16.3. The van der Waals surface area contributed by atoms with Crippen molar-refractivity contribution in [1.29, 1.82) is 0 Å². The molecule has 0 saturated carbocycles. The Morgan fingerprint density at radius 2 is 1.57 bits per heavy atom. The highest BCUT2D eigenvalue weighted by atomic mass is 16.4. The molecule has 0 aromatic heterocycles. The van der Waals surface area contributed by atoms with Crippen molar-refractivity contribution in [2.45, 2.75) is 70.0 Å². The van der Waals surface area contributed by atoms with E-state index in [-0.39, 0.29) is 0 Å². The van der Waals surface area contributed by atoms with E-state index < -0.39 is 30.4 Å². The summed E-state index contributed by atoms with van der Waals surface area (Å²) >= 11 is 0. The minimum atomic E-state index is -2.15. The van der Waals surface area contributed by atoms with E-state index in [0.717, 1.165) is 32.1 Å². The van der Waals surface area contributed by atoms with Crippen LogP contribution < -0.4 is 5.32 Å². The van der Waals surface area contributed by atoms with E-state index in [9.17, 15) is 30.1 Å². The molecule has 5 N–H and O–H groups in total. The van der Waals surface area contributed by atoms with Gasteiger partial charge in [-0.1, -0.05) is 39.0 Å². The van der Waals surface area contributed by atoms with Gasteiger partial charge in [-0.3, -0.25) is 10.1 Å². The van der Waals surface area contributed by atoms with E-state index in [0.29, 0.717) is 6.54 Å². The van der Waals surface area contributed by atoms with Crippen LogP contribution in [0.3, 0.4) is 0 Å². The second-order valence-electron chi connectivity index (χ2n) is 5.02. The Labute approximate surface area is 124 Å². The Morgan fingerprint density at radius 1 is 1.00 bits per heavy atom. The van der Waals surface area contributed by atoms with Crippen LogP contribution in [-0.4, -0.2) is 57.4 Å². The van der Waals surface area contributed by atoms with Gasteiger partial charge in [-0.15, -0.1) is 4.91 Å². The summed E-state index contributed by atoms with van der Waals surface area (Å²) in [7, 11) is 0. The molecular weight excluding hydrogens is 280 g/mol. The summed E-state index contributed by atoms with van der Waals surface area (Å²) in [6, 6.07) is 0. The summed E-state index contributed by atoms with van der Waals surface area (Å²) in [6.07, 6.45) is -1.06. The maximum absolute atomic E-state index is 10.8. The average molecular weight is 306 g/mol. The highest BCUT2D eigenvalue weighted by molar-refractivity contribution is 5.81. The van der Waals surface area contributed by atoms with E-state index >= 15 is 0 Å². The van der Waals surface area contributed by atoms with Gasteiger partial charge < -0.3 is 20.4 Å². The maximum Gasteiger partial charge on any atom is 0.317 e. The number of nitroso groups, excluding NO2 is 1. The second kappa shape index (κ2) is 11.7. The largest absolute Gasteiger partial charge is 0.387 e. The Bertz CT molecular complexity index is 302. The summed E-state index contributed by atoms with van der Waals surface area (Å²) < 4.78 is 0. The number of nitrogens with zero attached hydrogens (tertiary/aromatic N) is 1. The van der Waals surface area contributed by atoms with Crippen LogP contribution in [0.2, 0.25) is 0 Å². The highest BCUT2D eigenvalue weighted by Gasteiger charge is 2.34. The number of hydrogen-bond donors (Lipinski definition) is 5. The minimum absolute atomic E-state index is 0.424. The monoisotopic (exact) mass is 306 g/mol. The molecule has 21 heavy (non-hydrogen) atoms. The highest BCUT2D eigenvalue weighted by Crippen LogP contribution is 2.07. The third-order valence-corrected chi connectivity index (χ3v) is 3.22. The molecule has 124 valence electrons. The number of rotatable bonds is 12. The van der Waals surface area contributed by atoms with Crippen molar-refractivity contribution in [3.05, 3.63) is 4.91 Å². The normalized spacial score (nSPS) is 17.0. The lowest BCUT2D eigenvalue weighted by atomic mass is 10.1. The molecular formula is C13H26N2O6. The van der Waals surface area contributed by atoms with Gasteiger partial charge in [0.15, 0.2) is 6.10 Å². The Morgan fingerprint density at radius 3 is 2.14 bits per heavy atom. The first-order valence-electron chi connectivity index (χ1n) is 7.28. The predicted molar refractivity (Wildman–Crippen MR) is 76.2 cm³/mol. The molecule has 0 radical (unpaired) electrons. The molecule has 0 fully saturated rings. The molecule has 0 aromatic rings. The zero-order valence-electron chi connectivity index (χ0n) is 12.3. The molecule has 0 spiro atoms. The van der Waals surface area contributed by atoms with Gasteiger partial charge in [-0.05, 0) is 13.0 Å². The minimum Gasteiger partial charge on any atom is -0.387 e. The number of amides is 1. The number of aliphatic hydroxyl groups excluding tert-OH is 4. The molecule has 0 aliphatic rings. The van der Waals surface area contributed by atoms with Crippen LogP contribution in [0.15, 0.2) is 5.18 Å². The molecule has 0 bridgehead atoms. The second-order valence-corrected chi connectivity index (χ2v) is 5.02. The summed E-state index contributed by atoms with van der Waals surface area (Å²) in [6.45, 7) is 2.55. The van der Waals surface area contributed by atoms with E-state index in [2.05, 4.69) is 12.2 Å². The zero-order valence-corrected chi connectivity index (χ0v) is 12.3. The first-order valence-corrected chi connectivity index (χ1v) is 7.28. The summed E-state index contributed by atoms with van der Waals surface area (Å²) in [5.74, 6) is -1.50. The molecule has 0 rings (SSSR count). The van der Waals surface area contributed by atoms with Gasteiger partial charge >= 0.3 is 5.91 Å². The predicted octanol–water partition coefficient (Wildman–Crippen LogP) is -0.369. The lowest BCUT2D eigenvalue weighted by Gasteiger charge is -2.25. The fourth-order valence-corrected chi connectivity index (χ4v) is 1.85. The van der Waals surface area contributed by atoms with Gasteiger partial charge in [0.25, 0.3) is 0 Å². The molecule has 4 atom stereocenters. The van der Waals surface area contributed by atoms with Crippen molar-refractivity contribution in [2.75, 3.05) is 6.54 Å². The number of nitrogens with one attached hydrogen (secondary N) is 1. The van der Waals surface area contributed by atoms with Crippen LogP contribution in [0.25, 0.3) is 0 Å². The van der Waals surface area contributed by atoms with Crippen molar-refractivity contribution in [3.8, 4) is 0 Å². The van der Waals surface area contributed by atoms with Crippen LogP contribution in [0, 0.1) is 4.91 Å². The van der Waals surface area contributed by atoms with Crippen LogP contribution in [0.4, 0.5) is 0 Å². The van der Waals surface area contributed by atoms with Crippen LogP contribution in [-0.2, 0) is 4.79 Å². The maximum atomic E-state index is 10.8. The van der Waals surface area contributed by atoms with Crippen molar-refractivity contribution in [2.24, 2.45) is 5.18 Å². The smallest absolute Gasteiger partial charge is 0.317 e. The quantitative estimate of drug-likeness (QED) is 0.188. The third kappa shape index (κ3) is 8.18. The number of aliphatic hydroxyl groups is 4. The van der Waals surface area contributed by atoms with E-state index in [1.54, 1.807) is 0 Å². The van der Waals surface area contributed by atoms with Gasteiger partial charge in [0, 0.05) is 5.18 Å². The van der Waals surface area contributed by atoms with Gasteiger partial charge in [0.2, 0.25) is 0 Å². The Kier molecular flexibility index (Phi) is 11.2. The number of unbranched alkanes of at least 4 members (excludes halogenated alkanes) is 5. The van der Waals surface area contributed by atoms with Gasteiger partial charge in [0.1, 0.15) is 18.4 Å². The molecule has 3 unspecified atom stereocenters. The van der Waals surface area contributed by atoms with Crippen molar-refractivity contribution in [3.63, 3.8) is 0 Å². The molecule has 1 amide bonds. The van der Waals surface area contributed by atoms with Crippen molar-refractivity contribution < 1.29 is 25.2 Å². The van der Waals surface area contributed by atoms with E-state index in [4.69, 9.17) is 0 Å². The number of carbonyl (C=O) groups is 1. The lowest BCUT2D eigenvalue weighted by Crippen LogP contribution is -2.52. The molecule has 0 saturated heterocycles. The van der Waals surface area contributed by atoms with Crippen LogP contribution in [0.1, 0.15) is 45.4 Å². The van der Waals surface area contributed by atoms with Crippen LogP contribution >= 0.6 is 0 Å². The standard InChI is InChI=1S/C13H26N2O6/c1-2-3-4-5-6-7-8-14-12(19)10(17)9(16)11(18)13(20)15-21/h9-12,14,16-19H,2-8H2,1H3/t9-,10?,11?,12?/m1/s1. The van der Waals surface area contributed by atoms with E-state index in [1.165, 1.54) is 6.42 Å². The average Bonchev–Trinajstić information content (AvgIpc) is 2.50. The topological polar surface area (TPSA) is 139 Å². The molecule has 0 aromatic carbocycles. The molecule has 8 heteroatoms. The van der Waals surface area contributed by atoms with Gasteiger partial charge in [-0.2, -0.15) is 0 Å². The molecule has 8 nitrogen and oxygen atoms in total. The van der Waals surface area contributed by atoms with Crippen molar-refractivity contribution in [1.82, 2.24) is 5.32 Å². The molecule has 0 heterocycles. The van der Waals surface area contributed by atoms with Gasteiger partial charge in [-0.25, -0.2) is 0 Å². The molecule has 0 aliphatic heterocycles. The fourth-order valence-electron chi connectivity index (χ4n) is 1.85. The fraction of sp³-hybridized carbons (Fsp3) is 0.923. The number of carbonyl (C=O) groups excluding carboxylic acids is 1. The Balaban J connectivity index is 3.91.